The zero-order valence-corrected chi connectivity index (χ0v) is 19.4. The second-order valence-electron chi connectivity index (χ2n) is 7.85. The van der Waals surface area contributed by atoms with Gasteiger partial charge in [-0.25, -0.2) is 14.2 Å². The highest BCUT2D eigenvalue weighted by atomic mass is 32.2. The van der Waals surface area contributed by atoms with Gasteiger partial charge in [-0.15, -0.1) is 0 Å². The van der Waals surface area contributed by atoms with Crippen molar-refractivity contribution in [3.8, 4) is 0 Å². The average molecular weight is 466 g/mol. The van der Waals surface area contributed by atoms with Crippen LogP contribution >= 0.6 is 11.8 Å². The number of carbonyl (C=O) groups is 2. The van der Waals surface area contributed by atoms with Crippen molar-refractivity contribution >= 4 is 28.8 Å². The van der Waals surface area contributed by atoms with Crippen LogP contribution in [0.3, 0.4) is 0 Å². The zero-order chi connectivity index (χ0) is 23.5. The van der Waals surface area contributed by atoms with Crippen LogP contribution in [0.2, 0.25) is 0 Å². The summed E-state index contributed by atoms with van der Waals surface area (Å²) < 4.78 is 19.2. The van der Waals surface area contributed by atoms with Gasteiger partial charge in [-0.2, -0.15) is 0 Å². The van der Waals surface area contributed by atoms with E-state index in [9.17, 15) is 14.0 Å². The van der Waals surface area contributed by atoms with Crippen molar-refractivity contribution in [3.05, 3.63) is 93.9 Å². The number of fused-ring (bicyclic) bond motifs is 1. The van der Waals surface area contributed by atoms with Gasteiger partial charge in [-0.3, -0.25) is 4.79 Å². The fourth-order valence-corrected chi connectivity index (χ4v) is 4.93. The summed E-state index contributed by atoms with van der Waals surface area (Å²) in [5.41, 5.74) is 3.15. The molecule has 0 aliphatic carbocycles. The lowest BCUT2D eigenvalue weighted by atomic mass is 9.93. The van der Waals surface area contributed by atoms with Crippen molar-refractivity contribution in [2.24, 2.45) is 4.99 Å². The summed E-state index contributed by atoms with van der Waals surface area (Å²) in [5, 5.41) is 2.51. The molecule has 0 N–H and O–H groups in total. The van der Waals surface area contributed by atoms with Gasteiger partial charge >= 0.3 is 5.97 Å². The van der Waals surface area contributed by atoms with E-state index in [1.54, 1.807) is 31.0 Å². The molecule has 0 saturated heterocycles. The predicted octanol–water partition coefficient (Wildman–Crippen LogP) is 4.62. The fraction of sp³-hybridized carbons (Fsp3) is 0.240. The Morgan fingerprint density at radius 1 is 1.18 bits per heavy atom. The van der Waals surface area contributed by atoms with Crippen LogP contribution in [0.1, 0.15) is 30.5 Å². The van der Waals surface area contributed by atoms with Crippen LogP contribution in [0.15, 0.2) is 82.0 Å². The predicted molar refractivity (Wildman–Crippen MR) is 126 cm³/mol. The number of halogens is 1. The quantitative estimate of drug-likeness (QED) is 0.583. The van der Waals surface area contributed by atoms with E-state index in [0.717, 1.165) is 5.56 Å². The molecule has 2 aromatic rings. The monoisotopic (exact) mass is 465 g/mol. The highest BCUT2D eigenvalue weighted by Gasteiger charge is 2.41. The molecule has 8 heteroatoms. The molecular formula is C25H24FN3O3S. The largest absolute Gasteiger partial charge is 0.466 e. The van der Waals surface area contributed by atoms with E-state index >= 15 is 0 Å². The van der Waals surface area contributed by atoms with Gasteiger partial charge in [-0.05, 0) is 35.6 Å². The first kappa shape index (κ1) is 22.8. The molecule has 0 radical (unpaired) electrons. The number of hydrogen-bond donors (Lipinski definition) is 0. The van der Waals surface area contributed by atoms with E-state index in [2.05, 4.69) is 4.99 Å². The lowest BCUT2D eigenvalue weighted by Crippen LogP contribution is -2.38. The van der Waals surface area contributed by atoms with E-state index in [4.69, 9.17) is 4.74 Å². The number of rotatable bonds is 6. The molecule has 0 aromatic heterocycles. The number of methoxy groups -OCH3 is 1. The van der Waals surface area contributed by atoms with Crippen LogP contribution in [-0.2, 0) is 20.9 Å². The number of esters is 1. The summed E-state index contributed by atoms with van der Waals surface area (Å²) in [6, 6.07) is 15.2. The molecule has 1 atom stereocenters. The summed E-state index contributed by atoms with van der Waals surface area (Å²) in [7, 11) is 3.07. The Morgan fingerprint density at radius 2 is 1.94 bits per heavy atom. The van der Waals surface area contributed by atoms with Crippen LogP contribution in [-0.4, -0.2) is 41.0 Å². The standard InChI is InChI=1S/C25H24FN3O3S/c1-16-22(24(31)32-3)23(18-10-7-11-19(26)12-18)29-20(15-33-25(29)27-16)13-21(30)28(2)14-17-8-5-4-6-9-17/h4-12,15,23H,13-14H2,1-3H3. The summed E-state index contributed by atoms with van der Waals surface area (Å²) in [6.45, 7) is 2.22. The number of benzene rings is 2. The minimum atomic E-state index is -0.644. The van der Waals surface area contributed by atoms with Crippen molar-refractivity contribution < 1.29 is 18.7 Å². The fourth-order valence-electron chi connectivity index (χ4n) is 3.97. The van der Waals surface area contributed by atoms with Crippen LogP contribution < -0.4 is 0 Å². The molecule has 2 aliphatic rings. The van der Waals surface area contributed by atoms with Gasteiger partial charge in [0, 0.05) is 19.3 Å². The minimum absolute atomic E-state index is 0.0733. The Balaban J connectivity index is 1.64. The maximum Gasteiger partial charge on any atom is 0.338 e. The van der Waals surface area contributed by atoms with Gasteiger partial charge in [0.1, 0.15) is 5.82 Å². The van der Waals surface area contributed by atoms with E-state index in [1.807, 2.05) is 40.6 Å². The average Bonchev–Trinajstić information content (AvgIpc) is 3.20. The number of amidine groups is 1. The number of carbonyl (C=O) groups excluding carboxylic acids is 2. The normalized spacial score (nSPS) is 17.3. The van der Waals surface area contributed by atoms with E-state index < -0.39 is 17.8 Å². The van der Waals surface area contributed by atoms with E-state index in [0.29, 0.717) is 34.2 Å². The first-order valence-corrected chi connectivity index (χ1v) is 11.3. The number of hydrogen-bond acceptors (Lipinski definition) is 6. The Kier molecular flexibility index (Phi) is 6.65. The second-order valence-corrected chi connectivity index (χ2v) is 8.69. The second kappa shape index (κ2) is 9.62. The van der Waals surface area contributed by atoms with Gasteiger partial charge < -0.3 is 14.5 Å². The van der Waals surface area contributed by atoms with Crippen molar-refractivity contribution in [2.45, 2.75) is 25.9 Å². The van der Waals surface area contributed by atoms with E-state index in [-0.39, 0.29) is 12.3 Å². The summed E-state index contributed by atoms with van der Waals surface area (Å²) in [5.74, 6) is -1.02. The van der Waals surface area contributed by atoms with Gasteiger partial charge in [0.15, 0.2) is 5.17 Å². The zero-order valence-electron chi connectivity index (χ0n) is 18.6. The van der Waals surface area contributed by atoms with Crippen molar-refractivity contribution in [2.75, 3.05) is 14.2 Å². The first-order chi connectivity index (χ1) is 15.9. The molecule has 2 aromatic carbocycles. The molecule has 1 amide bonds. The van der Waals surface area contributed by atoms with Crippen LogP contribution in [0.25, 0.3) is 0 Å². The summed E-state index contributed by atoms with van der Waals surface area (Å²) >= 11 is 1.38. The number of nitrogens with zero attached hydrogens (tertiary/aromatic N) is 3. The van der Waals surface area contributed by atoms with Gasteiger partial charge in [0.05, 0.1) is 30.8 Å². The number of thioether (sulfide) groups is 1. The third-order valence-electron chi connectivity index (χ3n) is 5.59. The molecule has 0 spiro atoms. The third kappa shape index (κ3) is 4.71. The van der Waals surface area contributed by atoms with Crippen molar-refractivity contribution in [3.63, 3.8) is 0 Å². The van der Waals surface area contributed by atoms with Gasteiger partial charge in [0.2, 0.25) is 5.91 Å². The molecule has 2 aliphatic heterocycles. The molecule has 2 heterocycles. The molecule has 4 rings (SSSR count). The van der Waals surface area contributed by atoms with Gasteiger partial charge in [-0.1, -0.05) is 54.2 Å². The van der Waals surface area contributed by atoms with Crippen LogP contribution in [0, 0.1) is 5.82 Å². The highest BCUT2D eigenvalue weighted by Crippen LogP contribution is 2.45. The SMILES string of the molecule is COC(=O)C1=C(C)N=C2SC=C(CC(=O)N(C)Cc3ccccc3)N2C1c1cccc(F)c1. The lowest BCUT2D eigenvalue weighted by Gasteiger charge is -2.36. The number of allylic oxidation sites excluding steroid dienone is 1. The molecule has 170 valence electrons. The third-order valence-corrected chi connectivity index (χ3v) is 6.48. The topological polar surface area (TPSA) is 62.2 Å². The Bertz CT molecular complexity index is 1180. The van der Waals surface area contributed by atoms with Crippen molar-refractivity contribution in [1.29, 1.82) is 0 Å². The molecule has 6 nitrogen and oxygen atoms in total. The molecule has 0 bridgehead atoms. The number of amides is 1. The van der Waals surface area contributed by atoms with Crippen molar-refractivity contribution in [1.82, 2.24) is 9.80 Å². The highest BCUT2D eigenvalue weighted by molar-refractivity contribution is 8.16. The Morgan fingerprint density at radius 3 is 2.64 bits per heavy atom. The maximum absolute atomic E-state index is 14.1. The first-order valence-electron chi connectivity index (χ1n) is 10.4. The Labute approximate surface area is 196 Å². The molecule has 0 saturated carbocycles. The summed E-state index contributed by atoms with van der Waals surface area (Å²) in [6.07, 6.45) is 0.120. The number of ether oxygens (including phenoxy) is 1. The molecule has 0 fully saturated rings. The lowest BCUT2D eigenvalue weighted by molar-refractivity contribution is -0.136. The minimum Gasteiger partial charge on any atom is -0.466 e. The van der Waals surface area contributed by atoms with E-state index in [1.165, 1.54) is 31.0 Å². The maximum atomic E-state index is 14.1. The number of aliphatic imine (C=N–C) groups is 1. The smallest absolute Gasteiger partial charge is 0.338 e. The molecule has 33 heavy (non-hydrogen) atoms. The molecular weight excluding hydrogens is 441 g/mol. The Hall–Kier alpha value is -3.39. The molecule has 1 unspecified atom stereocenters. The van der Waals surface area contributed by atoms with Crippen LogP contribution in [0.5, 0.6) is 0 Å². The van der Waals surface area contributed by atoms with Crippen LogP contribution in [0.4, 0.5) is 4.39 Å². The summed E-state index contributed by atoms with van der Waals surface area (Å²) in [4.78, 5) is 33.8. The van der Waals surface area contributed by atoms with Gasteiger partial charge in [0.25, 0.3) is 0 Å².